The first-order valence-electron chi connectivity index (χ1n) is 10.7. The molecule has 0 heterocycles. The molecular formula is C25H25Br2N3O6. The molecule has 0 aliphatic rings. The Balaban J connectivity index is 1.85. The van der Waals surface area contributed by atoms with Crippen molar-refractivity contribution in [3.05, 3.63) is 74.2 Å². The van der Waals surface area contributed by atoms with Crippen molar-refractivity contribution in [2.24, 2.45) is 10.2 Å². The summed E-state index contributed by atoms with van der Waals surface area (Å²) in [7, 11) is 2.89. The molecule has 190 valence electrons. The number of aryl methyl sites for hydroxylation is 1. The van der Waals surface area contributed by atoms with Gasteiger partial charge in [0, 0.05) is 15.9 Å². The summed E-state index contributed by atoms with van der Waals surface area (Å²) in [5, 5.41) is 11.5. The molecule has 0 spiro atoms. The fourth-order valence-electron chi connectivity index (χ4n) is 3.17. The van der Waals surface area contributed by atoms with E-state index in [-0.39, 0.29) is 19.1 Å². The largest absolute Gasteiger partial charge is 0.457 e. The van der Waals surface area contributed by atoms with Crippen molar-refractivity contribution in [3.63, 3.8) is 0 Å². The lowest BCUT2D eigenvalue weighted by atomic mass is 10.1. The Morgan fingerprint density at radius 1 is 0.861 bits per heavy atom. The van der Waals surface area contributed by atoms with E-state index in [9.17, 15) is 4.79 Å². The van der Waals surface area contributed by atoms with Crippen LogP contribution in [0.4, 0.5) is 17.1 Å². The monoisotopic (exact) mass is 621 g/mol. The molecule has 0 aromatic heterocycles. The van der Waals surface area contributed by atoms with Crippen LogP contribution >= 0.6 is 31.9 Å². The minimum Gasteiger partial charge on any atom is -0.457 e. The molecule has 1 N–H and O–H groups in total. The van der Waals surface area contributed by atoms with Gasteiger partial charge in [0.25, 0.3) is 0 Å². The van der Waals surface area contributed by atoms with Crippen molar-refractivity contribution >= 4 is 54.8 Å². The van der Waals surface area contributed by atoms with Gasteiger partial charge in [-0.25, -0.2) is 19.6 Å². The maximum Gasteiger partial charge on any atom is 0.221 e. The predicted octanol–water partition coefficient (Wildman–Crippen LogP) is 7.84. The van der Waals surface area contributed by atoms with Crippen LogP contribution in [0, 0.1) is 6.92 Å². The lowest BCUT2D eigenvalue weighted by molar-refractivity contribution is -0.283. The van der Waals surface area contributed by atoms with Gasteiger partial charge in [-0.15, -0.1) is 10.2 Å². The SMILES string of the molecule is COOCc1cc(COOC)cc(Oc2cc(Br)c(N=Nc3ccc(C)cc3NC(C)=O)c(Br)c2)c1. The number of carbonyl (C=O) groups is 1. The third kappa shape index (κ3) is 8.19. The van der Waals surface area contributed by atoms with Crippen LogP contribution in [0.25, 0.3) is 0 Å². The average Bonchev–Trinajstić information content (AvgIpc) is 2.81. The minimum absolute atomic E-state index is 0.185. The molecule has 11 heteroatoms. The van der Waals surface area contributed by atoms with Gasteiger partial charge in [0.15, 0.2) is 0 Å². The maximum absolute atomic E-state index is 11.6. The van der Waals surface area contributed by atoms with Crippen molar-refractivity contribution < 1.29 is 29.1 Å². The van der Waals surface area contributed by atoms with E-state index in [0.29, 0.717) is 37.5 Å². The highest BCUT2D eigenvalue weighted by atomic mass is 79.9. The van der Waals surface area contributed by atoms with Crippen LogP contribution in [0.1, 0.15) is 23.6 Å². The topological polar surface area (TPSA) is 100.0 Å². The van der Waals surface area contributed by atoms with Crippen LogP contribution in [0.15, 0.2) is 67.7 Å². The van der Waals surface area contributed by atoms with Gasteiger partial charge in [-0.05, 0) is 91.9 Å². The molecule has 36 heavy (non-hydrogen) atoms. The van der Waals surface area contributed by atoms with Crippen LogP contribution in [-0.4, -0.2) is 20.1 Å². The molecule has 3 rings (SSSR count). The normalized spacial score (nSPS) is 11.2. The Kier molecular flexibility index (Phi) is 10.5. The summed E-state index contributed by atoms with van der Waals surface area (Å²) in [6.45, 7) is 3.86. The van der Waals surface area contributed by atoms with Crippen molar-refractivity contribution in [2.45, 2.75) is 27.1 Å². The van der Waals surface area contributed by atoms with Crippen LogP contribution in [-0.2, 0) is 37.6 Å². The first-order chi connectivity index (χ1) is 17.3. The number of hydrogen-bond acceptors (Lipinski definition) is 8. The molecule has 0 saturated carbocycles. The van der Waals surface area contributed by atoms with Crippen LogP contribution < -0.4 is 10.1 Å². The van der Waals surface area contributed by atoms with Gasteiger partial charge in [0.1, 0.15) is 36.1 Å². The van der Waals surface area contributed by atoms with E-state index in [0.717, 1.165) is 16.7 Å². The molecule has 0 unspecified atom stereocenters. The third-order valence-corrected chi connectivity index (χ3v) is 5.87. The van der Waals surface area contributed by atoms with Crippen LogP contribution in [0.5, 0.6) is 11.5 Å². The van der Waals surface area contributed by atoms with E-state index < -0.39 is 0 Å². The summed E-state index contributed by atoms with van der Waals surface area (Å²) >= 11 is 7.09. The zero-order chi connectivity index (χ0) is 26.1. The summed E-state index contributed by atoms with van der Waals surface area (Å²) in [6, 6.07) is 14.7. The van der Waals surface area contributed by atoms with Crippen LogP contribution in [0.2, 0.25) is 0 Å². The predicted molar refractivity (Wildman–Crippen MR) is 142 cm³/mol. The molecule has 0 aliphatic carbocycles. The second-order valence-electron chi connectivity index (χ2n) is 7.58. The van der Waals surface area contributed by atoms with Gasteiger partial charge in [-0.2, -0.15) is 0 Å². The highest BCUT2D eigenvalue weighted by Crippen LogP contribution is 2.40. The fourth-order valence-corrected chi connectivity index (χ4v) is 4.47. The molecule has 0 atom stereocenters. The number of halogens is 2. The molecule has 0 saturated heterocycles. The number of nitrogens with one attached hydrogen (secondary N) is 1. The van der Waals surface area contributed by atoms with E-state index >= 15 is 0 Å². The Hall–Kier alpha value is -2.67. The summed E-state index contributed by atoms with van der Waals surface area (Å²) in [5.41, 5.74) is 4.35. The Labute approximate surface area is 225 Å². The second-order valence-corrected chi connectivity index (χ2v) is 9.29. The van der Waals surface area contributed by atoms with Crippen molar-refractivity contribution in [3.8, 4) is 11.5 Å². The van der Waals surface area contributed by atoms with Gasteiger partial charge in [-0.1, -0.05) is 12.1 Å². The molecule has 0 fully saturated rings. The molecule has 3 aromatic rings. The van der Waals surface area contributed by atoms with Gasteiger partial charge < -0.3 is 10.1 Å². The first kappa shape index (κ1) is 27.9. The zero-order valence-electron chi connectivity index (χ0n) is 20.1. The smallest absolute Gasteiger partial charge is 0.221 e. The van der Waals surface area contributed by atoms with Crippen molar-refractivity contribution in [2.75, 3.05) is 19.5 Å². The lowest BCUT2D eigenvalue weighted by Gasteiger charge is -2.12. The standard InChI is InChI=1S/C25H25Br2N3O6/c1-15-5-6-23(24(7-15)28-16(2)31)29-30-25-21(26)11-20(12-22(25)27)36-19-9-17(13-34-32-3)8-18(10-19)14-35-33-4/h5-12H,13-14H2,1-4H3,(H,28,31). The number of azo groups is 1. The number of hydrogen-bond donors (Lipinski definition) is 1. The number of rotatable bonds is 11. The summed E-state index contributed by atoms with van der Waals surface area (Å²) in [6.07, 6.45) is 0. The molecule has 1 amide bonds. The van der Waals surface area contributed by atoms with E-state index in [2.05, 4.69) is 47.4 Å². The summed E-state index contributed by atoms with van der Waals surface area (Å²) < 4.78 is 7.42. The first-order valence-corrected chi connectivity index (χ1v) is 12.3. The van der Waals surface area contributed by atoms with E-state index in [4.69, 9.17) is 24.3 Å². The zero-order valence-corrected chi connectivity index (χ0v) is 23.3. The average molecular weight is 623 g/mol. The summed E-state index contributed by atoms with van der Waals surface area (Å²) in [4.78, 5) is 31.1. The lowest BCUT2D eigenvalue weighted by Crippen LogP contribution is -2.05. The quantitative estimate of drug-likeness (QED) is 0.133. The van der Waals surface area contributed by atoms with E-state index in [1.165, 1.54) is 21.1 Å². The Bertz CT molecular complexity index is 1200. The maximum atomic E-state index is 11.6. The highest BCUT2D eigenvalue weighted by Gasteiger charge is 2.12. The van der Waals surface area contributed by atoms with Gasteiger partial charge >= 0.3 is 0 Å². The number of amides is 1. The third-order valence-electron chi connectivity index (χ3n) is 4.66. The van der Waals surface area contributed by atoms with Gasteiger partial charge in [0.2, 0.25) is 5.91 Å². The molecule has 0 radical (unpaired) electrons. The van der Waals surface area contributed by atoms with E-state index in [1.54, 1.807) is 18.2 Å². The number of ether oxygens (including phenoxy) is 1. The number of benzene rings is 3. The molecule has 3 aromatic carbocycles. The Morgan fingerprint density at radius 3 is 2.00 bits per heavy atom. The Morgan fingerprint density at radius 2 is 1.44 bits per heavy atom. The van der Waals surface area contributed by atoms with Gasteiger partial charge in [0.05, 0.1) is 19.9 Å². The van der Waals surface area contributed by atoms with Gasteiger partial charge in [-0.3, -0.25) is 4.79 Å². The number of nitrogens with zero attached hydrogens (tertiary/aromatic N) is 2. The molecular weight excluding hydrogens is 598 g/mol. The van der Waals surface area contributed by atoms with Crippen molar-refractivity contribution in [1.82, 2.24) is 0 Å². The molecule has 0 aliphatic heterocycles. The molecule has 9 nitrogen and oxygen atoms in total. The van der Waals surface area contributed by atoms with Crippen LogP contribution in [0.3, 0.4) is 0 Å². The van der Waals surface area contributed by atoms with E-state index in [1.807, 2.05) is 37.3 Å². The minimum atomic E-state index is -0.185. The number of carbonyl (C=O) groups excluding carboxylic acids is 1. The molecule has 0 bridgehead atoms. The van der Waals surface area contributed by atoms with Crippen molar-refractivity contribution in [1.29, 1.82) is 0 Å². The second kappa shape index (κ2) is 13.6. The summed E-state index contributed by atoms with van der Waals surface area (Å²) in [5.74, 6) is 0.954. The highest BCUT2D eigenvalue weighted by molar-refractivity contribution is 9.11. The fraction of sp³-hybridized carbons (Fsp3) is 0.240. The number of anilines is 1.